The molecule has 0 saturated heterocycles. The van der Waals surface area contributed by atoms with E-state index >= 15 is 0 Å². The zero-order valence-electron chi connectivity index (χ0n) is 16.2. The Balaban J connectivity index is 1.75. The SMILES string of the molecule is O=C(CC(CO)c1ccc(C(=O)O)cc1)NN=C(c1ccccc1)c1ccccc1. The number of aliphatic hydroxyl groups excluding tert-OH is 1. The smallest absolute Gasteiger partial charge is 0.335 e. The second-order valence-corrected chi connectivity index (χ2v) is 6.74. The van der Waals surface area contributed by atoms with Crippen molar-refractivity contribution in [2.45, 2.75) is 12.3 Å². The van der Waals surface area contributed by atoms with E-state index in [4.69, 9.17) is 5.11 Å². The number of carbonyl (C=O) groups excluding carboxylic acids is 1. The molecule has 0 aliphatic rings. The molecule has 0 radical (unpaired) electrons. The van der Waals surface area contributed by atoms with E-state index in [9.17, 15) is 14.7 Å². The fourth-order valence-electron chi connectivity index (χ4n) is 3.06. The summed E-state index contributed by atoms with van der Waals surface area (Å²) in [5, 5.41) is 23.0. The van der Waals surface area contributed by atoms with Crippen LogP contribution in [0.5, 0.6) is 0 Å². The summed E-state index contributed by atoms with van der Waals surface area (Å²) >= 11 is 0. The minimum absolute atomic E-state index is 0.0171. The van der Waals surface area contributed by atoms with Gasteiger partial charge in [-0.3, -0.25) is 4.79 Å². The van der Waals surface area contributed by atoms with Crippen molar-refractivity contribution in [3.8, 4) is 0 Å². The summed E-state index contributed by atoms with van der Waals surface area (Å²) < 4.78 is 0. The second kappa shape index (κ2) is 10.1. The number of benzene rings is 3. The first-order valence-corrected chi connectivity index (χ1v) is 9.50. The first-order chi connectivity index (χ1) is 14.6. The molecule has 1 amide bonds. The molecule has 0 aliphatic carbocycles. The van der Waals surface area contributed by atoms with Gasteiger partial charge in [-0.2, -0.15) is 5.10 Å². The van der Waals surface area contributed by atoms with Crippen molar-refractivity contribution in [3.63, 3.8) is 0 Å². The molecule has 0 bridgehead atoms. The molecule has 3 aromatic rings. The zero-order valence-corrected chi connectivity index (χ0v) is 16.2. The third-order valence-corrected chi connectivity index (χ3v) is 4.67. The molecule has 1 unspecified atom stereocenters. The molecule has 0 saturated carbocycles. The number of hydrazone groups is 1. The zero-order chi connectivity index (χ0) is 21.3. The number of amides is 1. The lowest BCUT2D eigenvalue weighted by molar-refractivity contribution is -0.121. The Morgan fingerprint density at radius 3 is 1.80 bits per heavy atom. The van der Waals surface area contributed by atoms with Crippen LogP contribution in [0.2, 0.25) is 0 Å². The Morgan fingerprint density at radius 2 is 1.33 bits per heavy atom. The summed E-state index contributed by atoms with van der Waals surface area (Å²) in [4.78, 5) is 23.5. The quantitative estimate of drug-likeness (QED) is 0.397. The average molecular weight is 402 g/mol. The molecule has 0 fully saturated rings. The van der Waals surface area contributed by atoms with Crippen molar-refractivity contribution >= 4 is 17.6 Å². The van der Waals surface area contributed by atoms with Crippen molar-refractivity contribution in [1.82, 2.24) is 5.43 Å². The van der Waals surface area contributed by atoms with E-state index in [2.05, 4.69) is 10.5 Å². The van der Waals surface area contributed by atoms with Crippen LogP contribution < -0.4 is 5.43 Å². The molecule has 3 aromatic carbocycles. The molecule has 0 spiro atoms. The number of nitrogens with zero attached hydrogens (tertiary/aromatic N) is 1. The van der Waals surface area contributed by atoms with Crippen LogP contribution in [0.3, 0.4) is 0 Å². The molecule has 1 atom stereocenters. The van der Waals surface area contributed by atoms with E-state index in [-0.39, 0.29) is 24.5 Å². The number of carboxylic acid groups (broad SMARTS) is 1. The van der Waals surface area contributed by atoms with E-state index < -0.39 is 11.9 Å². The number of aromatic carboxylic acids is 1. The Hall–Kier alpha value is -3.77. The lowest BCUT2D eigenvalue weighted by Crippen LogP contribution is -2.23. The maximum atomic E-state index is 12.5. The fourth-order valence-corrected chi connectivity index (χ4v) is 3.06. The molecular weight excluding hydrogens is 380 g/mol. The highest BCUT2D eigenvalue weighted by Crippen LogP contribution is 2.20. The van der Waals surface area contributed by atoms with Gasteiger partial charge in [0.05, 0.1) is 17.9 Å². The van der Waals surface area contributed by atoms with Gasteiger partial charge in [0.15, 0.2) is 0 Å². The number of nitrogens with one attached hydrogen (secondary N) is 1. The third kappa shape index (κ3) is 5.40. The molecule has 6 heteroatoms. The van der Waals surface area contributed by atoms with Gasteiger partial charge in [0, 0.05) is 23.5 Å². The summed E-state index contributed by atoms with van der Waals surface area (Å²) in [5.41, 5.74) is 5.80. The van der Waals surface area contributed by atoms with Gasteiger partial charge in [-0.15, -0.1) is 0 Å². The minimum atomic E-state index is -1.02. The van der Waals surface area contributed by atoms with Crippen molar-refractivity contribution < 1.29 is 19.8 Å². The van der Waals surface area contributed by atoms with Crippen molar-refractivity contribution in [2.75, 3.05) is 6.61 Å². The average Bonchev–Trinajstić information content (AvgIpc) is 2.79. The molecule has 0 heterocycles. The monoisotopic (exact) mass is 402 g/mol. The van der Waals surface area contributed by atoms with Gasteiger partial charge in [-0.25, -0.2) is 10.2 Å². The largest absolute Gasteiger partial charge is 0.478 e. The molecule has 3 N–H and O–H groups in total. The van der Waals surface area contributed by atoms with E-state index in [1.165, 1.54) is 12.1 Å². The van der Waals surface area contributed by atoms with Crippen LogP contribution in [0.1, 0.15) is 39.4 Å². The second-order valence-electron chi connectivity index (χ2n) is 6.74. The molecule has 0 aliphatic heterocycles. The maximum absolute atomic E-state index is 12.5. The fraction of sp³-hybridized carbons (Fsp3) is 0.125. The summed E-state index contributed by atoms with van der Waals surface area (Å²) in [6, 6.07) is 25.2. The Morgan fingerprint density at radius 1 is 0.800 bits per heavy atom. The number of hydrogen-bond donors (Lipinski definition) is 3. The van der Waals surface area contributed by atoms with Crippen molar-refractivity contribution in [1.29, 1.82) is 0 Å². The maximum Gasteiger partial charge on any atom is 0.335 e. The van der Waals surface area contributed by atoms with Gasteiger partial charge in [0.2, 0.25) is 5.91 Å². The number of carboxylic acids is 1. The van der Waals surface area contributed by atoms with Crippen LogP contribution >= 0.6 is 0 Å². The first-order valence-electron chi connectivity index (χ1n) is 9.50. The lowest BCUT2D eigenvalue weighted by atomic mass is 9.95. The predicted molar refractivity (Wildman–Crippen MR) is 115 cm³/mol. The minimum Gasteiger partial charge on any atom is -0.478 e. The number of rotatable bonds is 8. The third-order valence-electron chi connectivity index (χ3n) is 4.67. The van der Waals surface area contributed by atoms with Crippen LogP contribution in [0.4, 0.5) is 0 Å². The standard InChI is InChI=1S/C24H22N2O4/c27-16-21(17-11-13-20(14-12-17)24(29)30)15-22(28)25-26-23(18-7-3-1-4-8-18)19-9-5-2-6-10-19/h1-14,21,27H,15-16H2,(H,25,28)(H,29,30). The van der Waals surface area contributed by atoms with E-state index in [1.54, 1.807) is 12.1 Å². The number of aliphatic hydroxyl groups is 1. The molecule has 30 heavy (non-hydrogen) atoms. The van der Waals surface area contributed by atoms with Gasteiger partial charge >= 0.3 is 5.97 Å². The highest BCUT2D eigenvalue weighted by Gasteiger charge is 2.16. The van der Waals surface area contributed by atoms with Crippen LogP contribution in [-0.4, -0.2) is 34.4 Å². The van der Waals surface area contributed by atoms with E-state index in [0.29, 0.717) is 11.3 Å². The van der Waals surface area contributed by atoms with Gasteiger partial charge < -0.3 is 10.2 Å². The van der Waals surface area contributed by atoms with Gasteiger partial charge in [0.1, 0.15) is 0 Å². The van der Waals surface area contributed by atoms with Crippen molar-refractivity contribution in [2.24, 2.45) is 5.10 Å². The van der Waals surface area contributed by atoms with E-state index in [1.807, 2.05) is 60.7 Å². The summed E-state index contributed by atoms with van der Waals surface area (Å²) in [6.45, 7) is -0.242. The molecule has 6 nitrogen and oxygen atoms in total. The van der Waals surface area contributed by atoms with Crippen LogP contribution in [0.15, 0.2) is 90.0 Å². The molecule has 3 rings (SSSR count). The normalized spacial score (nSPS) is 11.4. The molecular formula is C24H22N2O4. The highest BCUT2D eigenvalue weighted by molar-refractivity contribution is 6.13. The Kier molecular flexibility index (Phi) is 7.08. The molecule has 0 aromatic heterocycles. The number of carbonyl (C=O) groups is 2. The first kappa shape index (κ1) is 21.0. The summed E-state index contributed by atoms with van der Waals surface area (Å²) in [5.74, 6) is -1.83. The number of hydrogen-bond acceptors (Lipinski definition) is 4. The van der Waals surface area contributed by atoms with Gasteiger partial charge in [-0.05, 0) is 17.7 Å². The van der Waals surface area contributed by atoms with Crippen LogP contribution in [0.25, 0.3) is 0 Å². The van der Waals surface area contributed by atoms with Crippen LogP contribution in [0, 0.1) is 0 Å². The van der Waals surface area contributed by atoms with Gasteiger partial charge in [-0.1, -0.05) is 72.8 Å². The summed E-state index contributed by atoms with van der Waals surface area (Å²) in [7, 11) is 0. The summed E-state index contributed by atoms with van der Waals surface area (Å²) in [6.07, 6.45) is 0.0171. The molecule has 152 valence electrons. The Labute approximate surface area is 174 Å². The predicted octanol–water partition coefficient (Wildman–Crippen LogP) is 3.42. The Bertz CT molecular complexity index is 975. The lowest BCUT2D eigenvalue weighted by Gasteiger charge is -2.14. The van der Waals surface area contributed by atoms with E-state index in [0.717, 1.165) is 11.1 Å². The topological polar surface area (TPSA) is 99.0 Å². The van der Waals surface area contributed by atoms with Gasteiger partial charge in [0.25, 0.3) is 0 Å². The highest BCUT2D eigenvalue weighted by atomic mass is 16.4. The van der Waals surface area contributed by atoms with Crippen LogP contribution in [-0.2, 0) is 4.79 Å². The van der Waals surface area contributed by atoms with Crippen molar-refractivity contribution in [3.05, 3.63) is 107 Å².